The van der Waals surface area contributed by atoms with E-state index in [2.05, 4.69) is 5.32 Å². The van der Waals surface area contributed by atoms with Crippen LogP contribution in [-0.2, 0) is 19.6 Å². The summed E-state index contributed by atoms with van der Waals surface area (Å²) in [6.07, 6.45) is 1.68. The minimum absolute atomic E-state index is 0.0152. The predicted octanol–water partition coefficient (Wildman–Crippen LogP) is 0.260. The van der Waals surface area contributed by atoms with Crippen molar-refractivity contribution in [2.45, 2.75) is 23.8 Å². The normalized spacial score (nSPS) is 16.8. The van der Waals surface area contributed by atoms with Gasteiger partial charge in [-0.25, -0.2) is 13.1 Å². The van der Waals surface area contributed by atoms with Crippen molar-refractivity contribution < 1.29 is 17.9 Å². The molecule has 0 atom stereocenters. The molecule has 1 fully saturated rings. The van der Waals surface area contributed by atoms with Crippen LogP contribution in [0.5, 0.6) is 0 Å². The maximum absolute atomic E-state index is 11.9. The smallest absolute Gasteiger partial charge is 0.264 e. The van der Waals surface area contributed by atoms with Gasteiger partial charge >= 0.3 is 0 Å². The van der Waals surface area contributed by atoms with Gasteiger partial charge in [0.15, 0.2) is 0 Å². The molecule has 1 aliphatic rings. The van der Waals surface area contributed by atoms with Crippen LogP contribution < -0.4 is 10.0 Å². The number of hydrogen-bond acceptors (Lipinski definition) is 5. The number of benzene rings is 1. The predicted molar refractivity (Wildman–Crippen MR) is 73.6 cm³/mol. The monoisotopic (exact) mass is 298 g/mol. The van der Waals surface area contributed by atoms with Gasteiger partial charge < -0.3 is 10.1 Å². The van der Waals surface area contributed by atoms with Gasteiger partial charge in [-0.2, -0.15) is 0 Å². The van der Waals surface area contributed by atoms with Crippen LogP contribution in [0.15, 0.2) is 35.2 Å². The second-order valence-electron chi connectivity index (χ2n) is 4.60. The van der Waals surface area contributed by atoms with Crippen molar-refractivity contribution in [3.8, 4) is 0 Å². The summed E-state index contributed by atoms with van der Waals surface area (Å²) < 4.78 is 31.2. The Morgan fingerprint density at radius 3 is 2.55 bits per heavy atom. The molecule has 0 unspecified atom stereocenters. The number of sulfonamides is 1. The number of ether oxygens (including phenoxy) is 1. The molecule has 1 aromatic carbocycles. The van der Waals surface area contributed by atoms with E-state index in [1.54, 1.807) is 18.2 Å². The molecule has 7 heteroatoms. The molecule has 1 aromatic rings. The molecule has 0 spiro atoms. The lowest BCUT2D eigenvalue weighted by Gasteiger charge is -2.22. The van der Waals surface area contributed by atoms with Crippen LogP contribution in [0.2, 0.25) is 0 Å². The highest BCUT2D eigenvalue weighted by Gasteiger charge is 2.19. The molecular weight excluding hydrogens is 280 g/mol. The molecule has 2 rings (SSSR count). The van der Waals surface area contributed by atoms with Crippen LogP contribution in [0.4, 0.5) is 0 Å². The topological polar surface area (TPSA) is 84.5 Å². The zero-order valence-corrected chi connectivity index (χ0v) is 11.9. The van der Waals surface area contributed by atoms with Crippen molar-refractivity contribution in [2.24, 2.45) is 0 Å². The minimum atomic E-state index is -3.80. The Kier molecular flexibility index (Phi) is 5.11. The van der Waals surface area contributed by atoms with E-state index in [1.165, 1.54) is 12.1 Å². The Hall–Kier alpha value is -1.44. The highest BCUT2D eigenvalue weighted by molar-refractivity contribution is 7.90. The Morgan fingerprint density at radius 2 is 1.90 bits per heavy atom. The van der Waals surface area contributed by atoms with Crippen LogP contribution in [0, 0.1) is 0 Å². The SMILES string of the molecule is O=C(COC1CCNCC1)NS(=O)(=O)c1ccccc1. The fourth-order valence-electron chi connectivity index (χ4n) is 1.99. The summed E-state index contributed by atoms with van der Waals surface area (Å²) in [5.41, 5.74) is 0. The van der Waals surface area contributed by atoms with E-state index in [0.29, 0.717) is 0 Å². The van der Waals surface area contributed by atoms with Crippen LogP contribution in [-0.4, -0.2) is 40.1 Å². The van der Waals surface area contributed by atoms with Gasteiger partial charge in [-0.15, -0.1) is 0 Å². The van der Waals surface area contributed by atoms with Gasteiger partial charge in [0.1, 0.15) is 6.61 Å². The van der Waals surface area contributed by atoms with Crippen molar-refractivity contribution in [3.63, 3.8) is 0 Å². The highest BCUT2D eigenvalue weighted by atomic mass is 32.2. The maximum Gasteiger partial charge on any atom is 0.264 e. The van der Waals surface area contributed by atoms with Crippen LogP contribution in [0.3, 0.4) is 0 Å². The van der Waals surface area contributed by atoms with Gasteiger partial charge in [-0.3, -0.25) is 4.79 Å². The summed E-state index contributed by atoms with van der Waals surface area (Å²) in [6.45, 7) is 1.47. The van der Waals surface area contributed by atoms with Gasteiger partial charge in [0.2, 0.25) is 0 Å². The van der Waals surface area contributed by atoms with Crippen LogP contribution in [0.25, 0.3) is 0 Å². The van der Waals surface area contributed by atoms with Gasteiger partial charge in [0, 0.05) is 0 Å². The van der Waals surface area contributed by atoms with Crippen molar-refractivity contribution in [1.82, 2.24) is 10.0 Å². The number of rotatable bonds is 5. The molecule has 1 aliphatic heterocycles. The van der Waals surface area contributed by atoms with Crippen molar-refractivity contribution in [3.05, 3.63) is 30.3 Å². The molecule has 110 valence electrons. The van der Waals surface area contributed by atoms with E-state index < -0.39 is 15.9 Å². The van der Waals surface area contributed by atoms with Crippen LogP contribution >= 0.6 is 0 Å². The Morgan fingerprint density at radius 1 is 1.25 bits per heavy atom. The van der Waals surface area contributed by atoms with Gasteiger partial charge in [0.05, 0.1) is 11.0 Å². The van der Waals surface area contributed by atoms with Crippen molar-refractivity contribution in [2.75, 3.05) is 19.7 Å². The van der Waals surface area contributed by atoms with Gasteiger partial charge in [0.25, 0.3) is 15.9 Å². The number of piperidine rings is 1. The van der Waals surface area contributed by atoms with E-state index in [9.17, 15) is 13.2 Å². The first kappa shape index (κ1) is 15.0. The van der Waals surface area contributed by atoms with E-state index in [4.69, 9.17) is 4.74 Å². The Labute approximate surface area is 118 Å². The third-order valence-corrected chi connectivity index (χ3v) is 4.43. The number of carbonyl (C=O) groups excluding carboxylic acids is 1. The lowest BCUT2D eigenvalue weighted by atomic mass is 10.1. The average Bonchev–Trinajstić information content (AvgIpc) is 2.47. The van der Waals surface area contributed by atoms with E-state index in [1.807, 2.05) is 4.72 Å². The number of nitrogens with one attached hydrogen (secondary N) is 2. The van der Waals surface area contributed by atoms with Crippen LogP contribution in [0.1, 0.15) is 12.8 Å². The molecule has 1 amide bonds. The van der Waals surface area contributed by atoms with Crippen molar-refractivity contribution in [1.29, 1.82) is 0 Å². The molecular formula is C13H18N2O4S. The first-order valence-electron chi connectivity index (χ1n) is 6.51. The molecule has 1 heterocycles. The molecule has 20 heavy (non-hydrogen) atoms. The first-order chi connectivity index (χ1) is 9.58. The quantitative estimate of drug-likeness (QED) is 0.814. The third kappa shape index (κ3) is 4.29. The molecule has 0 aromatic heterocycles. The molecule has 1 saturated heterocycles. The largest absolute Gasteiger partial charge is 0.368 e. The number of amides is 1. The summed E-state index contributed by atoms with van der Waals surface area (Å²) >= 11 is 0. The van der Waals surface area contributed by atoms with E-state index >= 15 is 0 Å². The second-order valence-corrected chi connectivity index (χ2v) is 6.28. The maximum atomic E-state index is 11.9. The second kappa shape index (κ2) is 6.83. The average molecular weight is 298 g/mol. The highest BCUT2D eigenvalue weighted by Crippen LogP contribution is 2.08. The Bertz CT molecular complexity index is 539. The molecule has 2 N–H and O–H groups in total. The Balaban J connectivity index is 1.84. The standard InChI is InChI=1S/C13H18N2O4S/c16-13(10-19-11-6-8-14-9-7-11)15-20(17,18)12-4-2-1-3-5-12/h1-5,11,14H,6-10H2,(H,15,16). The number of hydrogen-bond donors (Lipinski definition) is 2. The molecule has 0 radical (unpaired) electrons. The van der Waals surface area contributed by atoms with E-state index in [0.717, 1.165) is 25.9 Å². The summed E-state index contributed by atoms with van der Waals surface area (Å²) in [5, 5.41) is 3.19. The lowest BCUT2D eigenvalue weighted by Crippen LogP contribution is -2.37. The minimum Gasteiger partial charge on any atom is -0.368 e. The molecule has 6 nitrogen and oxygen atoms in total. The van der Waals surface area contributed by atoms with Crippen molar-refractivity contribution >= 4 is 15.9 Å². The fraction of sp³-hybridized carbons (Fsp3) is 0.462. The first-order valence-corrected chi connectivity index (χ1v) is 7.99. The van der Waals surface area contributed by atoms with Gasteiger partial charge in [-0.05, 0) is 38.1 Å². The summed E-state index contributed by atoms with van der Waals surface area (Å²) in [7, 11) is -3.80. The molecule has 0 bridgehead atoms. The zero-order chi connectivity index (χ0) is 14.4. The summed E-state index contributed by atoms with van der Waals surface area (Å²) in [6, 6.07) is 7.78. The third-order valence-electron chi connectivity index (χ3n) is 3.04. The summed E-state index contributed by atoms with van der Waals surface area (Å²) in [5.74, 6) is -0.646. The molecule has 0 aliphatic carbocycles. The fourth-order valence-corrected chi connectivity index (χ4v) is 2.99. The van der Waals surface area contributed by atoms with Gasteiger partial charge in [-0.1, -0.05) is 18.2 Å². The zero-order valence-electron chi connectivity index (χ0n) is 11.0. The molecule has 0 saturated carbocycles. The lowest BCUT2D eigenvalue weighted by molar-refractivity contribution is -0.126. The van der Waals surface area contributed by atoms with E-state index in [-0.39, 0.29) is 17.6 Å². The summed E-state index contributed by atoms with van der Waals surface area (Å²) in [4.78, 5) is 11.7. The number of carbonyl (C=O) groups is 1.